The third kappa shape index (κ3) is 7.19. The lowest BCUT2D eigenvalue weighted by atomic mass is 10.0. The summed E-state index contributed by atoms with van der Waals surface area (Å²) in [5.41, 5.74) is 12.8. The number of nitrogens with zero attached hydrogens (tertiary/aromatic N) is 2. The number of hydrogen-bond acceptors (Lipinski definition) is 2. The Kier molecular flexibility index (Phi) is 9.90. The van der Waals surface area contributed by atoms with Crippen LogP contribution in [0.1, 0.15) is 13.8 Å². The number of hydrogen-bond donors (Lipinski definition) is 0. The van der Waals surface area contributed by atoms with Crippen LogP contribution in [0.3, 0.4) is 0 Å². The molecule has 0 heterocycles. The van der Waals surface area contributed by atoms with Gasteiger partial charge in [0.2, 0.25) is 0 Å². The van der Waals surface area contributed by atoms with Crippen molar-refractivity contribution in [1.82, 2.24) is 0 Å². The van der Waals surface area contributed by atoms with Crippen LogP contribution in [0.15, 0.2) is 188 Å². The zero-order valence-corrected chi connectivity index (χ0v) is 27.3. The van der Waals surface area contributed by atoms with Gasteiger partial charge in [-0.15, -0.1) is 0 Å². The summed E-state index contributed by atoms with van der Waals surface area (Å²) < 4.78 is 0. The third-order valence-electron chi connectivity index (χ3n) is 8.28. The van der Waals surface area contributed by atoms with E-state index in [2.05, 4.69) is 199 Å². The van der Waals surface area contributed by atoms with Crippen molar-refractivity contribution in [2.45, 2.75) is 13.8 Å². The lowest BCUT2D eigenvalue weighted by Crippen LogP contribution is -2.10. The van der Waals surface area contributed by atoms with E-state index in [-0.39, 0.29) is 0 Å². The van der Waals surface area contributed by atoms with Gasteiger partial charge in [0, 0.05) is 35.5 Å². The first-order valence-electron chi connectivity index (χ1n) is 16.3. The fourth-order valence-corrected chi connectivity index (χ4v) is 5.84. The second-order valence-electron chi connectivity index (χ2n) is 11.2. The van der Waals surface area contributed by atoms with Gasteiger partial charge in [-0.1, -0.05) is 141 Å². The maximum absolute atomic E-state index is 2.35. The minimum absolute atomic E-state index is 1.11. The first kappa shape index (κ1) is 31.1. The van der Waals surface area contributed by atoms with E-state index < -0.39 is 0 Å². The molecule has 0 aliphatic heterocycles. The van der Waals surface area contributed by atoms with E-state index in [9.17, 15) is 0 Å². The predicted molar refractivity (Wildman–Crippen MR) is 203 cm³/mol. The van der Waals surface area contributed by atoms with Gasteiger partial charge < -0.3 is 9.80 Å². The van der Waals surface area contributed by atoms with Crippen LogP contribution in [0, 0.1) is 0 Å². The number of para-hydroxylation sites is 1. The second-order valence-corrected chi connectivity index (χ2v) is 11.2. The molecule has 0 amide bonds. The quantitative estimate of drug-likeness (QED) is 0.169. The molecule has 0 saturated carbocycles. The van der Waals surface area contributed by atoms with Gasteiger partial charge in [0.05, 0.1) is 0 Å². The molecular weight excluding hydrogens is 569 g/mol. The Labute approximate surface area is 279 Å². The van der Waals surface area contributed by atoms with Crippen LogP contribution >= 0.6 is 0 Å². The van der Waals surface area contributed by atoms with Gasteiger partial charge in [-0.05, 0) is 94.0 Å². The van der Waals surface area contributed by atoms with Crippen molar-refractivity contribution in [3.8, 4) is 33.4 Å². The fourth-order valence-electron chi connectivity index (χ4n) is 5.84. The first-order valence-corrected chi connectivity index (χ1v) is 16.3. The van der Waals surface area contributed by atoms with Crippen LogP contribution in [0.2, 0.25) is 0 Å². The van der Waals surface area contributed by atoms with Crippen LogP contribution in [0.4, 0.5) is 28.4 Å². The summed E-state index contributed by atoms with van der Waals surface area (Å²) >= 11 is 0. The Morgan fingerprint density at radius 1 is 0.277 bits per heavy atom. The zero-order valence-electron chi connectivity index (χ0n) is 27.3. The van der Waals surface area contributed by atoms with Crippen LogP contribution in [-0.2, 0) is 0 Å². The Bertz CT molecular complexity index is 1900. The average molecular weight is 609 g/mol. The summed E-state index contributed by atoms with van der Waals surface area (Å²) in [6, 6.07) is 66.9. The Balaban J connectivity index is 0.00000190. The third-order valence-corrected chi connectivity index (χ3v) is 8.28. The minimum Gasteiger partial charge on any atom is -0.345 e. The van der Waals surface area contributed by atoms with Crippen LogP contribution in [0.25, 0.3) is 33.4 Å². The molecule has 0 radical (unpaired) electrons. The molecule has 0 spiro atoms. The molecule has 0 atom stereocenters. The van der Waals surface area contributed by atoms with Crippen molar-refractivity contribution < 1.29 is 0 Å². The lowest BCUT2D eigenvalue weighted by Gasteiger charge is -2.27. The average Bonchev–Trinajstić information content (AvgIpc) is 3.17. The summed E-state index contributed by atoms with van der Waals surface area (Å²) in [4.78, 5) is 4.55. The van der Waals surface area contributed by atoms with Crippen LogP contribution in [0.5, 0.6) is 0 Å². The van der Waals surface area contributed by atoms with E-state index in [0.29, 0.717) is 0 Å². The van der Waals surface area contributed by atoms with Gasteiger partial charge in [-0.2, -0.15) is 0 Å². The smallest absolute Gasteiger partial charge is 0.0467 e. The molecule has 7 aromatic carbocycles. The Morgan fingerprint density at radius 3 is 1.04 bits per heavy atom. The molecule has 0 bridgehead atoms. The molecule has 0 saturated heterocycles. The van der Waals surface area contributed by atoms with Crippen molar-refractivity contribution in [1.29, 1.82) is 0 Å². The summed E-state index contributed by atoms with van der Waals surface area (Å²) in [7, 11) is 2.10. The molecule has 0 aromatic heterocycles. The molecule has 0 unspecified atom stereocenters. The molecule has 0 N–H and O–H groups in total. The Hall–Kier alpha value is -5.86. The molecule has 47 heavy (non-hydrogen) atoms. The highest BCUT2D eigenvalue weighted by Gasteiger charge is 2.15. The van der Waals surface area contributed by atoms with Crippen molar-refractivity contribution in [2.75, 3.05) is 16.8 Å². The normalized spacial score (nSPS) is 10.4. The SMILES string of the molecule is CC.CN(c1ccccc1)c1ccc(-c2ccc(N(c3cccc(-c4ccccc4)c3)c3cccc(-c4ccccc4)c3)cc2)cc1. The molecule has 2 heteroatoms. The maximum atomic E-state index is 2.35. The van der Waals surface area contributed by atoms with E-state index in [1.807, 2.05) is 19.9 Å². The molecule has 7 rings (SSSR count). The highest BCUT2D eigenvalue weighted by atomic mass is 15.1. The summed E-state index contributed by atoms with van der Waals surface area (Å²) in [5.74, 6) is 0. The predicted octanol–water partition coefficient (Wildman–Crippen LogP) is 13.0. The minimum atomic E-state index is 1.11. The van der Waals surface area contributed by atoms with Crippen LogP contribution in [-0.4, -0.2) is 7.05 Å². The second kappa shape index (κ2) is 14.9. The van der Waals surface area contributed by atoms with E-state index in [4.69, 9.17) is 0 Å². The van der Waals surface area contributed by atoms with E-state index in [1.54, 1.807) is 0 Å². The fraction of sp³-hybridized carbons (Fsp3) is 0.0667. The summed E-state index contributed by atoms with van der Waals surface area (Å²) in [5, 5.41) is 0. The number of anilines is 5. The van der Waals surface area contributed by atoms with Crippen molar-refractivity contribution in [2.24, 2.45) is 0 Å². The van der Waals surface area contributed by atoms with E-state index in [0.717, 1.165) is 22.7 Å². The molecule has 2 nitrogen and oxygen atoms in total. The highest BCUT2D eigenvalue weighted by molar-refractivity contribution is 5.83. The molecule has 7 aromatic rings. The van der Waals surface area contributed by atoms with Crippen molar-refractivity contribution in [3.63, 3.8) is 0 Å². The van der Waals surface area contributed by atoms with Gasteiger partial charge in [0.15, 0.2) is 0 Å². The standard InChI is InChI=1S/C43H34N2.C2H6/c1-44(39-19-9-4-10-20-39)40-27-23-35(24-28-40)36-25-29-41(30-26-36)45(42-21-11-17-37(31-42)33-13-5-2-6-14-33)43-22-12-18-38(32-43)34-15-7-3-8-16-34;1-2/h2-32H,1H3;1-2H3. The van der Waals surface area contributed by atoms with Crippen molar-refractivity contribution in [3.05, 3.63) is 188 Å². The van der Waals surface area contributed by atoms with Gasteiger partial charge in [0.25, 0.3) is 0 Å². The van der Waals surface area contributed by atoms with E-state index in [1.165, 1.54) is 39.1 Å². The molecule has 0 aliphatic rings. The molecule has 0 aliphatic carbocycles. The van der Waals surface area contributed by atoms with Gasteiger partial charge >= 0.3 is 0 Å². The number of benzene rings is 7. The maximum Gasteiger partial charge on any atom is 0.0467 e. The van der Waals surface area contributed by atoms with Gasteiger partial charge in [-0.25, -0.2) is 0 Å². The summed E-state index contributed by atoms with van der Waals surface area (Å²) in [6.45, 7) is 4.00. The largest absolute Gasteiger partial charge is 0.345 e. The highest BCUT2D eigenvalue weighted by Crippen LogP contribution is 2.39. The topological polar surface area (TPSA) is 6.48 Å². The molecular formula is C45H40N2. The summed E-state index contributed by atoms with van der Waals surface area (Å²) in [6.07, 6.45) is 0. The van der Waals surface area contributed by atoms with Gasteiger partial charge in [-0.3, -0.25) is 0 Å². The van der Waals surface area contributed by atoms with Crippen molar-refractivity contribution >= 4 is 28.4 Å². The lowest BCUT2D eigenvalue weighted by molar-refractivity contribution is 1.21. The van der Waals surface area contributed by atoms with E-state index >= 15 is 0 Å². The number of rotatable bonds is 8. The van der Waals surface area contributed by atoms with Crippen LogP contribution < -0.4 is 9.80 Å². The zero-order chi connectivity index (χ0) is 32.4. The molecule has 230 valence electrons. The monoisotopic (exact) mass is 608 g/mol. The van der Waals surface area contributed by atoms with Gasteiger partial charge in [0.1, 0.15) is 0 Å². The molecule has 0 fully saturated rings. The Morgan fingerprint density at radius 2 is 0.596 bits per heavy atom. The first-order chi connectivity index (χ1) is 23.2.